The third-order valence-corrected chi connectivity index (χ3v) is 9.97. The molecule has 1 aromatic carbocycles. The molecule has 3 aliphatic carbocycles. The molecule has 1 aromatic rings. The molecule has 4 rings (SSSR count). The summed E-state index contributed by atoms with van der Waals surface area (Å²) in [4.78, 5) is 0. The average Bonchev–Trinajstić information content (AvgIpc) is 2.85. The Kier molecular flexibility index (Phi) is 9.60. The standard InChI is InChI=1S/C32H52/c1-3-4-5-6-26-11-19-31(20-12-26)32-23-15-28(16-24-32)10-9-27-13-21-30(22-14-27)29-17-7-25(2)8-18-29/h11-12,19-20,25,27-30,32H,3-10,13-18,21-24H2,1-2H3. The zero-order valence-electron chi connectivity index (χ0n) is 21.5. The summed E-state index contributed by atoms with van der Waals surface area (Å²) in [7, 11) is 0. The van der Waals surface area contributed by atoms with E-state index >= 15 is 0 Å². The molecule has 0 nitrogen and oxygen atoms in total. The van der Waals surface area contributed by atoms with Gasteiger partial charge in [-0.05, 0) is 111 Å². The van der Waals surface area contributed by atoms with Crippen LogP contribution in [0.1, 0.15) is 140 Å². The largest absolute Gasteiger partial charge is 0.0654 e. The molecule has 180 valence electrons. The van der Waals surface area contributed by atoms with E-state index in [0.29, 0.717) is 0 Å². The van der Waals surface area contributed by atoms with E-state index in [4.69, 9.17) is 0 Å². The summed E-state index contributed by atoms with van der Waals surface area (Å²) in [6.07, 6.45) is 26.5. The fraction of sp³-hybridized carbons (Fsp3) is 0.812. The third-order valence-electron chi connectivity index (χ3n) is 9.97. The molecule has 0 bridgehead atoms. The Labute approximate surface area is 200 Å². The second-order valence-electron chi connectivity index (χ2n) is 12.3. The molecule has 32 heavy (non-hydrogen) atoms. The van der Waals surface area contributed by atoms with Gasteiger partial charge in [0.05, 0.1) is 0 Å². The first-order chi connectivity index (χ1) is 15.7. The van der Waals surface area contributed by atoms with Gasteiger partial charge in [-0.1, -0.05) is 89.5 Å². The van der Waals surface area contributed by atoms with Gasteiger partial charge in [0.2, 0.25) is 0 Å². The van der Waals surface area contributed by atoms with Crippen LogP contribution in [0.15, 0.2) is 24.3 Å². The molecule has 0 amide bonds. The van der Waals surface area contributed by atoms with Gasteiger partial charge in [0.25, 0.3) is 0 Å². The molecule has 0 spiro atoms. The van der Waals surface area contributed by atoms with Crippen molar-refractivity contribution < 1.29 is 0 Å². The molecule has 0 unspecified atom stereocenters. The van der Waals surface area contributed by atoms with Gasteiger partial charge in [-0.15, -0.1) is 0 Å². The maximum atomic E-state index is 2.46. The molecule has 3 aliphatic rings. The van der Waals surface area contributed by atoms with Crippen LogP contribution in [0, 0.1) is 29.6 Å². The van der Waals surface area contributed by atoms with E-state index in [1.54, 1.807) is 49.7 Å². The normalized spacial score (nSPS) is 33.8. The van der Waals surface area contributed by atoms with Gasteiger partial charge in [0.15, 0.2) is 0 Å². The average molecular weight is 437 g/mol. The van der Waals surface area contributed by atoms with Gasteiger partial charge < -0.3 is 0 Å². The molecular formula is C32H52. The molecule has 0 atom stereocenters. The molecule has 0 heterocycles. The zero-order valence-corrected chi connectivity index (χ0v) is 21.5. The number of hydrogen-bond acceptors (Lipinski definition) is 0. The van der Waals surface area contributed by atoms with Gasteiger partial charge in [-0.25, -0.2) is 0 Å². The SMILES string of the molecule is CCCCCc1ccc(C2CCC(CCC3CCC(C4CCC(C)CC4)CC3)CC2)cc1. The molecule has 3 fully saturated rings. The number of unbranched alkanes of at least 4 members (excludes halogenated alkanes) is 2. The minimum atomic E-state index is 0.838. The first-order valence-electron chi connectivity index (χ1n) is 14.8. The quantitative estimate of drug-likeness (QED) is 0.338. The van der Waals surface area contributed by atoms with Crippen LogP contribution >= 0.6 is 0 Å². The lowest BCUT2D eigenvalue weighted by Gasteiger charge is -2.37. The lowest BCUT2D eigenvalue weighted by atomic mass is 9.68. The minimum Gasteiger partial charge on any atom is -0.0654 e. The van der Waals surface area contributed by atoms with Crippen molar-refractivity contribution in [2.24, 2.45) is 29.6 Å². The highest BCUT2D eigenvalue weighted by atomic mass is 14.4. The summed E-state index contributed by atoms with van der Waals surface area (Å²) in [5, 5.41) is 0. The van der Waals surface area contributed by atoms with E-state index in [0.717, 1.165) is 35.5 Å². The predicted molar refractivity (Wildman–Crippen MR) is 140 cm³/mol. The number of hydrogen-bond donors (Lipinski definition) is 0. The highest BCUT2D eigenvalue weighted by Gasteiger charge is 2.30. The Morgan fingerprint density at radius 1 is 0.625 bits per heavy atom. The number of benzene rings is 1. The van der Waals surface area contributed by atoms with Crippen LogP contribution in [0.3, 0.4) is 0 Å². The van der Waals surface area contributed by atoms with Crippen LogP contribution < -0.4 is 0 Å². The second-order valence-corrected chi connectivity index (χ2v) is 12.3. The van der Waals surface area contributed by atoms with Crippen LogP contribution in [0.5, 0.6) is 0 Å². The van der Waals surface area contributed by atoms with Crippen LogP contribution in [-0.4, -0.2) is 0 Å². The Morgan fingerprint density at radius 3 is 1.72 bits per heavy atom. The van der Waals surface area contributed by atoms with Crippen LogP contribution in [0.25, 0.3) is 0 Å². The molecular weight excluding hydrogens is 384 g/mol. The minimum absolute atomic E-state index is 0.838. The smallest absolute Gasteiger partial charge is 0.0162 e. The van der Waals surface area contributed by atoms with Gasteiger partial charge in [0.1, 0.15) is 0 Å². The van der Waals surface area contributed by atoms with E-state index < -0.39 is 0 Å². The van der Waals surface area contributed by atoms with Crippen molar-refractivity contribution in [1.82, 2.24) is 0 Å². The van der Waals surface area contributed by atoms with Gasteiger partial charge in [0, 0.05) is 0 Å². The van der Waals surface area contributed by atoms with Crippen molar-refractivity contribution in [1.29, 1.82) is 0 Å². The predicted octanol–water partition coefficient (Wildman–Crippen LogP) is 10.1. The Bertz CT molecular complexity index is 619. The lowest BCUT2D eigenvalue weighted by molar-refractivity contribution is 0.143. The fourth-order valence-electron chi connectivity index (χ4n) is 7.50. The summed E-state index contributed by atoms with van der Waals surface area (Å²) in [6, 6.07) is 9.75. The maximum absolute atomic E-state index is 2.46. The topological polar surface area (TPSA) is 0 Å². The summed E-state index contributed by atoms with van der Waals surface area (Å²) in [6.45, 7) is 4.76. The molecule has 3 saturated carbocycles. The van der Waals surface area contributed by atoms with Crippen molar-refractivity contribution in [2.75, 3.05) is 0 Å². The van der Waals surface area contributed by atoms with Gasteiger partial charge in [-0.3, -0.25) is 0 Å². The highest BCUT2D eigenvalue weighted by Crippen LogP contribution is 2.43. The highest BCUT2D eigenvalue weighted by molar-refractivity contribution is 5.26. The van der Waals surface area contributed by atoms with Crippen molar-refractivity contribution in [3.63, 3.8) is 0 Å². The first-order valence-corrected chi connectivity index (χ1v) is 14.8. The van der Waals surface area contributed by atoms with Crippen molar-refractivity contribution >= 4 is 0 Å². The Balaban J connectivity index is 1.11. The molecule has 0 saturated heterocycles. The Morgan fingerprint density at radius 2 is 1.16 bits per heavy atom. The summed E-state index contributed by atoms with van der Waals surface area (Å²) in [5.74, 6) is 6.11. The summed E-state index contributed by atoms with van der Waals surface area (Å²) >= 11 is 0. The van der Waals surface area contributed by atoms with E-state index in [2.05, 4.69) is 38.1 Å². The third kappa shape index (κ3) is 7.11. The molecule has 0 heteroatoms. The lowest BCUT2D eigenvalue weighted by Crippen LogP contribution is -2.25. The monoisotopic (exact) mass is 436 g/mol. The van der Waals surface area contributed by atoms with Crippen molar-refractivity contribution in [3.05, 3.63) is 35.4 Å². The molecule has 0 N–H and O–H groups in total. The van der Waals surface area contributed by atoms with E-state index in [1.807, 2.05) is 0 Å². The first kappa shape index (κ1) is 24.3. The maximum Gasteiger partial charge on any atom is -0.0162 e. The van der Waals surface area contributed by atoms with E-state index in [9.17, 15) is 0 Å². The van der Waals surface area contributed by atoms with Crippen LogP contribution in [0.4, 0.5) is 0 Å². The number of aryl methyl sites for hydroxylation is 1. The van der Waals surface area contributed by atoms with Crippen molar-refractivity contribution in [2.45, 2.75) is 135 Å². The van der Waals surface area contributed by atoms with Gasteiger partial charge in [-0.2, -0.15) is 0 Å². The van der Waals surface area contributed by atoms with Crippen LogP contribution in [-0.2, 0) is 6.42 Å². The molecule has 0 aliphatic heterocycles. The van der Waals surface area contributed by atoms with E-state index in [-0.39, 0.29) is 0 Å². The van der Waals surface area contributed by atoms with Crippen LogP contribution in [0.2, 0.25) is 0 Å². The second kappa shape index (κ2) is 12.6. The summed E-state index contributed by atoms with van der Waals surface area (Å²) in [5.41, 5.74) is 3.17. The number of rotatable bonds is 9. The fourth-order valence-corrected chi connectivity index (χ4v) is 7.50. The molecule has 0 aromatic heterocycles. The summed E-state index contributed by atoms with van der Waals surface area (Å²) < 4.78 is 0. The van der Waals surface area contributed by atoms with E-state index in [1.165, 1.54) is 77.0 Å². The Hall–Kier alpha value is -0.780. The zero-order chi connectivity index (χ0) is 22.2. The van der Waals surface area contributed by atoms with Gasteiger partial charge >= 0.3 is 0 Å². The molecule has 0 radical (unpaired) electrons. The van der Waals surface area contributed by atoms with Crippen molar-refractivity contribution in [3.8, 4) is 0 Å².